The Balaban J connectivity index is 2.57. The van der Waals surface area contributed by atoms with Gasteiger partial charge in [0.1, 0.15) is 0 Å². The Bertz CT molecular complexity index is 605. The first-order chi connectivity index (χ1) is 8.79. The average molecular weight is 283 g/mol. The molecule has 0 atom stereocenters. The molecular formula is C13H17NO4S. The Morgan fingerprint density at radius 3 is 2.32 bits per heavy atom. The van der Waals surface area contributed by atoms with Gasteiger partial charge in [0.25, 0.3) is 0 Å². The van der Waals surface area contributed by atoms with Crippen LogP contribution in [-0.4, -0.2) is 32.8 Å². The van der Waals surface area contributed by atoms with Gasteiger partial charge >= 0.3 is 5.97 Å². The first kappa shape index (κ1) is 13.9. The Morgan fingerprint density at radius 2 is 1.89 bits per heavy atom. The first-order valence-electron chi connectivity index (χ1n) is 6.06. The van der Waals surface area contributed by atoms with Crippen LogP contribution in [0, 0.1) is 0 Å². The van der Waals surface area contributed by atoms with E-state index in [1.165, 1.54) is 7.05 Å². The van der Waals surface area contributed by atoms with Crippen LogP contribution in [0.25, 0.3) is 0 Å². The maximum atomic E-state index is 11.7. The molecule has 19 heavy (non-hydrogen) atoms. The van der Waals surface area contributed by atoms with Crippen LogP contribution in [0.1, 0.15) is 24.8 Å². The van der Waals surface area contributed by atoms with Gasteiger partial charge in [-0.1, -0.05) is 24.6 Å². The van der Waals surface area contributed by atoms with Crippen LogP contribution in [0.5, 0.6) is 0 Å². The molecule has 104 valence electrons. The number of carbonyl (C=O) groups is 1. The van der Waals surface area contributed by atoms with E-state index < -0.39 is 21.4 Å². The van der Waals surface area contributed by atoms with Gasteiger partial charge in [0, 0.05) is 7.05 Å². The van der Waals surface area contributed by atoms with Crippen LogP contribution in [-0.2, 0) is 20.2 Å². The molecule has 1 aliphatic rings. The fourth-order valence-corrected chi connectivity index (χ4v) is 2.98. The summed E-state index contributed by atoms with van der Waals surface area (Å²) in [5.74, 6) is -0.881. The Kier molecular flexibility index (Phi) is 3.30. The Morgan fingerprint density at radius 1 is 1.32 bits per heavy atom. The lowest BCUT2D eigenvalue weighted by molar-refractivity contribution is -0.147. The molecule has 1 saturated carbocycles. The molecule has 1 aliphatic carbocycles. The van der Waals surface area contributed by atoms with Crippen molar-refractivity contribution in [2.24, 2.45) is 0 Å². The van der Waals surface area contributed by atoms with Gasteiger partial charge in [0.15, 0.2) is 0 Å². The zero-order valence-corrected chi connectivity index (χ0v) is 11.8. The van der Waals surface area contributed by atoms with Crippen molar-refractivity contribution in [2.75, 3.05) is 17.6 Å². The smallest absolute Gasteiger partial charge is 0.314 e. The van der Waals surface area contributed by atoms with Gasteiger partial charge in [0.05, 0.1) is 17.4 Å². The summed E-state index contributed by atoms with van der Waals surface area (Å²) in [6, 6.07) is 6.83. The number of carboxylic acid groups (broad SMARTS) is 1. The van der Waals surface area contributed by atoms with Crippen molar-refractivity contribution in [3.63, 3.8) is 0 Å². The summed E-state index contributed by atoms with van der Waals surface area (Å²) in [5.41, 5.74) is 0.101. The summed E-state index contributed by atoms with van der Waals surface area (Å²) in [6.45, 7) is 0. The average Bonchev–Trinajstić information content (AvgIpc) is 2.25. The normalized spacial score (nSPS) is 17.6. The summed E-state index contributed by atoms with van der Waals surface area (Å²) in [4.78, 5) is 11.6. The minimum atomic E-state index is -3.41. The van der Waals surface area contributed by atoms with E-state index in [4.69, 9.17) is 0 Å². The zero-order chi connectivity index (χ0) is 14.3. The van der Waals surface area contributed by atoms with Crippen LogP contribution < -0.4 is 4.31 Å². The largest absolute Gasteiger partial charge is 0.481 e. The highest BCUT2D eigenvalue weighted by Crippen LogP contribution is 2.47. The van der Waals surface area contributed by atoms with Crippen molar-refractivity contribution in [3.05, 3.63) is 29.8 Å². The summed E-state index contributed by atoms with van der Waals surface area (Å²) < 4.78 is 24.5. The second-order valence-electron chi connectivity index (χ2n) is 4.99. The molecule has 0 aliphatic heterocycles. The van der Waals surface area contributed by atoms with Crippen LogP contribution in [0.15, 0.2) is 24.3 Å². The summed E-state index contributed by atoms with van der Waals surface area (Å²) in [7, 11) is -1.96. The third-order valence-corrected chi connectivity index (χ3v) is 5.06. The first-order valence-corrected chi connectivity index (χ1v) is 7.91. The van der Waals surface area contributed by atoms with Crippen molar-refractivity contribution in [3.8, 4) is 0 Å². The van der Waals surface area contributed by atoms with Crippen molar-refractivity contribution >= 4 is 21.7 Å². The molecule has 0 radical (unpaired) electrons. The Hall–Kier alpha value is -1.56. The minimum Gasteiger partial charge on any atom is -0.481 e. The van der Waals surface area contributed by atoms with Crippen molar-refractivity contribution in [1.29, 1.82) is 0 Å². The van der Waals surface area contributed by atoms with E-state index in [1.54, 1.807) is 24.3 Å². The van der Waals surface area contributed by atoms with Gasteiger partial charge in [-0.2, -0.15) is 0 Å². The SMILES string of the molecule is CN(c1ccccc1C1(C(=O)O)CCC1)S(C)(=O)=O. The van der Waals surface area contributed by atoms with E-state index in [2.05, 4.69) is 0 Å². The van der Waals surface area contributed by atoms with E-state index in [9.17, 15) is 18.3 Å². The van der Waals surface area contributed by atoms with Crippen molar-refractivity contribution < 1.29 is 18.3 Å². The van der Waals surface area contributed by atoms with Gasteiger partial charge in [-0.3, -0.25) is 9.10 Å². The summed E-state index contributed by atoms with van der Waals surface area (Å²) in [6.07, 6.45) is 3.06. The van der Waals surface area contributed by atoms with Crippen LogP contribution in [0.4, 0.5) is 5.69 Å². The lowest BCUT2D eigenvalue weighted by Crippen LogP contribution is -2.43. The lowest BCUT2D eigenvalue weighted by Gasteiger charge is -2.40. The highest BCUT2D eigenvalue weighted by molar-refractivity contribution is 7.92. The molecule has 0 unspecified atom stereocenters. The molecule has 1 N–H and O–H groups in total. The molecule has 0 saturated heterocycles. The fraction of sp³-hybridized carbons (Fsp3) is 0.462. The lowest BCUT2D eigenvalue weighted by atomic mass is 9.64. The fourth-order valence-electron chi connectivity index (χ4n) is 2.46. The maximum Gasteiger partial charge on any atom is 0.314 e. The van der Waals surface area contributed by atoms with Gasteiger partial charge in [0.2, 0.25) is 10.0 Å². The van der Waals surface area contributed by atoms with Gasteiger partial charge in [-0.15, -0.1) is 0 Å². The van der Waals surface area contributed by atoms with E-state index in [0.717, 1.165) is 17.0 Å². The van der Waals surface area contributed by atoms with E-state index in [0.29, 0.717) is 24.1 Å². The molecule has 1 fully saturated rings. The van der Waals surface area contributed by atoms with E-state index in [1.807, 2.05) is 0 Å². The minimum absolute atomic E-state index is 0.451. The number of hydrogen-bond acceptors (Lipinski definition) is 3. The predicted octanol–water partition coefficient (Wildman–Crippen LogP) is 1.59. The highest BCUT2D eigenvalue weighted by Gasteiger charge is 2.47. The predicted molar refractivity (Wildman–Crippen MR) is 72.9 cm³/mol. The van der Waals surface area contributed by atoms with Gasteiger partial charge in [-0.25, -0.2) is 8.42 Å². The number of carboxylic acids is 1. The number of rotatable bonds is 4. The molecule has 0 spiro atoms. The van der Waals surface area contributed by atoms with Crippen molar-refractivity contribution in [2.45, 2.75) is 24.7 Å². The number of benzene rings is 1. The second-order valence-corrected chi connectivity index (χ2v) is 7.00. The monoisotopic (exact) mass is 283 g/mol. The van der Waals surface area contributed by atoms with E-state index in [-0.39, 0.29) is 0 Å². The molecule has 5 nitrogen and oxygen atoms in total. The molecule has 6 heteroatoms. The maximum absolute atomic E-state index is 11.7. The molecular weight excluding hydrogens is 266 g/mol. The molecule has 2 rings (SSSR count). The number of hydrogen-bond donors (Lipinski definition) is 1. The molecule has 0 heterocycles. The number of aliphatic carboxylic acids is 1. The van der Waals surface area contributed by atoms with Crippen LogP contribution >= 0.6 is 0 Å². The number of sulfonamides is 1. The standard InChI is InChI=1S/C13H17NO4S/c1-14(19(2,17)18)11-7-4-3-6-10(11)13(12(15)16)8-5-9-13/h3-4,6-7H,5,8-9H2,1-2H3,(H,15,16). The molecule has 1 aromatic carbocycles. The summed E-state index contributed by atoms with van der Waals surface area (Å²) >= 11 is 0. The van der Waals surface area contributed by atoms with Crippen LogP contribution in [0.2, 0.25) is 0 Å². The number of anilines is 1. The third kappa shape index (κ3) is 2.20. The van der Waals surface area contributed by atoms with E-state index >= 15 is 0 Å². The molecule has 0 bridgehead atoms. The number of para-hydroxylation sites is 1. The quantitative estimate of drug-likeness (QED) is 0.910. The topological polar surface area (TPSA) is 74.7 Å². The van der Waals surface area contributed by atoms with Gasteiger partial charge < -0.3 is 5.11 Å². The zero-order valence-electron chi connectivity index (χ0n) is 11.0. The molecule has 1 aromatic rings. The Labute approximate surface area is 112 Å². The van der Waals surface area contributed by atoms with Gasteiger partial charge in [-0.05, 0) is 24.5 Å². The summed E-state index contributed by atoms with van der Waals surface area (Å²) in [5, 5.41) is 9.48. The second kappa shape index (κ2) is 4.52. The highest BCUT2D eigenvalue weighted by atomic mass is 32.2. The van der Waals surface area contributed by atoms with Crippen LogP contribution in [0.3, 0.4) is 0 Å². The third-order valence-electron chi connectivity index (χ3n) is 3.87. The molecule has 0 amide bonds. The van der Waals surface area contributed by atoms with Crippen molar-refractivity contribution in [1.82, 2.24) is 0 Å². The molecule has 0 aromatic heterocycles. The number of nitrogens with zero attached hydrogens (tertiary/aromatic N) is 1.